The predicted molar refractivity (Wildman–Crippen MR) is 102 cm³/mol. The first-order valence-electron chi connectivity index (χ1n) is 8.08. The first-order chi connectivity index (χ1) is 12.5. The molecule has 0 atom stereocenters. The predicted octanol–water partition coefficient (Wildman–Crippen LogP) is 3.82. The van der Waals surface area contributed by atoms with E-state index in [0.29, 0.717) is 16.8 Å². The zero-order valence-electron chi connectivity index (χ0n) is 14.0. The lowest BCUT2D eigenvalue weighted by molar-refractivity contribution is 0.0955. The van der Waals surface area contributed by atoms with E-state index in [0.717, 1.165) is 21.2 Å². The van der Waals surface area contributed by atoms with Crippen LogP contribution in [-0.2, 0) is 13.6 Å². The number of halogens is 1. The number of aromatic nitrogens is 1. The average Bonchev–Trinajstić information content (AvgIpc) is 3.11. The van der Waals surface area contributed by atoms with E-state index in [2.05, 4.69) is 5.32 Å². The molecule has 6 heteroatoms. The minimum atomic E-state index is -0.313. The quantitative estimate of drug-likeness (QED) is 0.599. The summed E-state index contributed by atoms with van der Waals surface area (Å²) in [5.41, 5.74) is 1.53. The summed E-state index contributed by atoms with van der Waals surface area (Å²) < 4.78 is 15.4. The van der Waals surface area contributed by atoms with Gasteiger partial charge in [0.2, 0.25) is 0 Å². The van der Waals surface area contributed by atoms with Crippen molar-refractivity contribution in [2.75, 3.05) is 0 Å². The van der Waals surface area contributed by atoms with Gasteiger partial charge in [-0.2, -0.15) is 0 Å². The highest BCUT2D eigenvalue weighted by Crippen LogP contribution is 2.30. The number of aryl methyl sites for hydroxylation is 1. The summed E-state index contributed by atoms with van der Waals surface area (Å²) in [6.07, 6.45) is 0. The van der Waals surface area contributed by atoms with Gasteiger partial charge in [-0.3, -0.25) is 9.59 Å². The minimum Gasteiger partial charge on any atom is -0.347 e. The van der Waals surface area contributed by atoms with Crippen LogP contribution in [0.5, 0.6) is 0 Å². The summed E-state index contributed by atoms with van der Waals surface area (Å²) in [6.45, 7) is 0.298. The van der Waals surface area contributed by atoms with Gasteiger partial charge >= 0.3 is 0 Å². The summed E-state index contributed by atoms with van der Waals surface area (Å²) in [4.78, 5) is 25.6. The smallest absolute Gasteiger partial charge is 0.261 e. The van der Waals surface area contributed by atoms with Crippen LogP contribution < -0.4 is 10.9 Å². The van der Waals surface area contributed by atoms with Crippen LogP contribution in [0.15, 0.2) is 59.4 Å². The maximum Gasteiger partial charge on any atom is 0.261 e. The van der Waals surface area contributed by atoms with Gasteiger partial charge < -0.3 is 9.88 Å². The van der Waals surface area contributed by atoms with Gasteiger partial charge in [0.15, 0.2) is 0 Å². The molecule has 0 saturated carbocycles. The Bertz CT molecular complexity index is 1190. The molecule has 4 aromatic rings. The number of hydrogen-bond acceptors (Lipinski definition) is 3. The van der Waals surface area contributed by atoms with Gasteiger partial charge in [0.1, 0.15) is 5.82 Å². The zero-order valence-corrected chi connectivity index (χ0v) is 14.8. The van der Waals surface area contributed by atoms with Gasteiger partial charge in [0, 0.05) is 23.7 Å². The number of thiophene rings is 1. The van der Waals surface area contributed by atoms with Crippen molar-refractivity contribution in [3.05, 3.63) is 81.2 Å². The van der Waals surface area contributed by atoms with Crippen LogP contribution in [0.25, 0.3) is 21.0 Å². The minimum absolute atomic E-state index is 0.118. The molecule has 2 aromatic heterocycles. The van der Waals surface area contributed by atoms with Gasteiger partial charge in [-0.15, -0.1) is 11.3 Å². The molecule has 0 fully saturated rings. The molecule has 0 bridgehead atoms. The topological polar surface area (TPSA) is 51.1 Å². The number of para-hydroxylation sites is 1. The molecule has 2 heterocycles. The van der Waals surface area contributed by atoms with Gasteiger partial charge in [0.25, 0.3) is 11.5 Å². The number of pyridine rings is 1. The fourth-order valence-electron chi connectivity index (χ4n) is 2.98. The number of nitrogens with one attached hydrogen (secondary N) is 1. The standard InChI is InChI=1S/C20H15FN2O2S/c1-23-16-5-3-2-4-14(16)18-15(20(23)25)10-17(26-18)19(24)22-11-12-6-8-13(21)9-7-12/h2-10H,11H2,1H3,(H,22,24). The monoisotopic (exact) mass is 366 g/mol. The Kier molecular flexibility index (Phi) is 4.05. The van der Waals surface area contributed by atoms with Gasteiger partial charge in [-0.1, -0.05) is 30.3 Å². The molecule has 26 heavy (non-hydrogen) atoms. The van der Waals surface area contributed by atoms with Crippen LogP contribution >= 0.6 is 11.3 Å². The summed E-state index contributed by atoms with van der Waals surface area (Å²) in [5, 5.41) is 4.31. The Labute approximate surface area is 152 Å². The van der Waals surface area contributed by atoms with Crippen LogP contribution in [-0.4, -0.2) is 10.5 Å². The molecule has 0 spiro atoms. The molecule has 2 aromatic carbocycles. The number of amides is 1. The molecule has 1 N–H and O–H groups in total. The second-order valence-corrected chi connectivity index (χ2v) is 7.10. The number of carbonyl (C=O) groups excluding carboxylic acids is 1. The van der Waals surface area contributed by atoms with E-state index in [9.17, 15) is 14.0 Å². The maximum absolute atomic E-state index is 12.9. The van der Waals surface area contributed by atoms with Crippen molar-refractivity contribution in [3.8, 4) is 0 Å². The van der Waals surface area contributed by atoms with E-state index in [1.165, 1.54) is 23.5 Å². The Hall–Kier alpha value is -2.99. The Morgan fingerprint density at radius 3 is 2.62 bits per heavy atom. The van der Waals surface area contributed by atoms with E-state index in [1.807, 2.05) is 24.3 Å². The SMILES string of the molecule is Cn1c(=O)c2cc(C(=O)NCc3ccc(F)cc3)sc2c2ccccc21. The number of rotatable bonds is 3. The van der Waals surface area contributed by atoms with Crippen LogP contribution in [0, 0.1) is 5.82 Å². The van der Waals surface area contributed by atoms with E-state index >= 15 is 0 Å². The molecule has 0 aliphatic heterocycles. The summed E-state index contributed by atoms with van der Waals surface area (Å²) >= 11 is 1.31. The third-order valence-electron chi connectivity index (χ3n) is 4.37. The molecule has 4 rings (SSSR count). The number of nitrogens with zero attached hydrogens (tertiary/aromatic N) is 1. The van der Waals surface area contributed by atoms with E-state index in [-0.39, 0.29) is 17.3 Å². The van der Waals surface area contributed by atoms with Gasteiger partial charge in [-0.25, -0.2) is 4.39 Å². The normalized spacial score (nSPS) is 11.2. The summed E-state index contributed by atoms with van der Waals surface area (Å²) in [5.74, 6) is -0.561. The highest BCUT2D eigenvalue weighted by Gasteiger charge is 2.16. The highest BCUT2D eigenvalue weighted by atomic mass is 32.1. The number of carbonyl (C=O) groups is 1. The lowest BCUT2D eigenvalue weighted by atomic mass is 10.1. The molecule has 1 amide bonds. The molecule has 130 valence electrons. The van der Waals surface area contributed by atoms with Crippen molar-refractivity contribution in [3.63, 3.8) is 0 Å². The molecule has 0 aliphatic carbocycles. The Morgan fingerprint density at radius 1 is 1.12 bits per heavy atom. The van der Waals surface area contributed by atoms with E-state index < -0.39 is 0 Å². The van der Waals surface area contributed by atoms with Gasteiger partial charge in [-0.05, 0) is 29.8 Å². The lowest BCUT2D eigenvalue weighted by Gasteiger charge is -2.05. The Morgan fingerprint density at radius 2 is 1.85 bits per heavy atom. The van der Waals surface area contributed by atoms with Crippen LogP contribution in [0.4, 0.5) is 4.39 Å². The second kappa shape index (κ2) is 6.38. The third kappa shape index (κ3) is 2.78. The first-order valence-corrected chi connectivity index (χ1v) is 8.90. The van der Waals surface area contributed by atoms with Crippen LogP contribution in [0.1, 0.15) is 15.2 Å². The summed E-state index contributed by atoms with van der Waals surface area (Å²) in [7, 11) is 1.73. The average molecular weight is 366 g/mol. The van der Waals surface area contributed by atoms with Gasteiger partial charge in [0.05, 0.1) is 15.8 Å². The zero-order chi connectivity index (χ0) is 18.3. The van der Waals surface area contributed by atoms with E-state index in [1.54, 1.807) is 29.8 Å². The van der Waals surface area contributed by atoms with Crippen molar-refractivity contribution in [1.29, 1.82) is 0 Å². The van der Waals surface area contributed by atoms with Crippen molar-refractivity contribution in [2.45, 2.75) is 6.54 Å². The van der Waals surface area contributed by atoms with Crippen molar-refractivity contribution in [1.82, 2.24) is 9.88 Å². The first kappa shape index (κ1) is 16.5. The fourth-order valence-corrected chi connectivity index (χ4v) is 4.08. The molecule has 4 nitrogen and oxygen atoms in total. The molecule has 0 radical (unpaired) electrons. The van der Waals surface area contributed by atoms with Crippen molar-refractivity contribution >= 4 is 38.2 Å². The highest BCUT2D eigenvalue weighted by molar-refractivity contribution is 7.21. The van der Waals surface area contributed by atoms with Crippen molar-refractivity contribution in [2.24, 2.45) is 7.05 Å². The molecule has 0 aliphatic rings. The molecular weight excluding hydrogens is 351 g/mol. The number of hydrogen-bond donors (Lipinski definition) is 1. The van der Waals surface area contributed by atoms with E-state index in [4.69, 9.17) is 0 Å². The second-order valence-electron chi connectivity index (χ2n) is 6.04. The van der Waals surface area contributed by atoms with Crippen LogP contribution in [0.2, 0.25) is 0 Å². The largest absolute Gasteiger partial charge is 0.347 e. The molecule has 0 saturated heterocycles. The molecule has 0 unspecified atom stereocenters. The lowest BCUT2D eigenvalue weighted by Crippen LogP contribution is -2.21. The molecular formula is C20H15FN2O2S. The maximum atomic E-state index is 12.9. The summed E-state index contributed by atoms with van der Waals surface area (Å²) in [6, 6.07) is 15.3. The number of benzene rings is 2. The van der Waals surface area contributed by atoms with Crippen molar-refractivity contribution < 1.29 is 9.18 Å². The fraction of sp³-hybridized carbons (Fsp3) is 0.100. The van der Waals surface area contributed by atoms with Crippen LogP contribution in [0.3, 0.4) is 0 Å². The Balaban J connectivity index is 1.70. The third-order valence-corrected chi connectivity index (χ3v) is 5.53. The number of fused-ring (bicyclic) bond motifs is 3.